The number of carbonyl (C=O) groups is 1. The highest BCUT2D eigenvalue weighted by molar-refractivity contribution is 5.90. The Hall–Kier alpha value is -1.83. The van der Waals surface area contributed by atoms with Gasteiger partial charge in [0.25, 0.3) is 5.91 Å². The molecule has 0 aromatic carbocycles. The van der Waals surface area contributed by atoms with Crippen LogP contribution in [-0.4, -0.2) is 27.6 Å². The number of hydrogen-bond acceptors (Lipinski definition) is 3. The lowest BCUT2D eigenvalue weighted by molar-refractivity contribution is 0.0948. The maximum absolute atomic E-state index is 11.3. The third-order valence-electron chi connectivity index (χ3n) is 1.58. The number of aromatic nitrogens is 3. The molecule has 0 aliphatic carbocycles. The lowest BCUT2D eigenvalue weighted by Gasteiger charge is -1.94. The highest BCUT2D eigenvalue weighted by Gasteiger charge is 2.09. The van der Waals surface area contributed by atoms with Crippen LogP contribution < -0.4 is 5.32 Å². The van der Waals surface area contributed by atoms with Crippen LogP contribution in [0.25, 0.3) is 0 Å². The molecule has 0 spiro atoms. The van der Waals surface area contributed by atoms with Crippen molar-refractivity contribution in [1.29, 1.82) is 0 Å². The SMILES string of the molecule is CC#CCNC(=O)c1n[nH]c(CC)n1. The standard InChI is InChI=1S/C9H12N4O/c1-3-5-6-10-9(14)8-11-7(4-2)12-13-8/h4,6H2,1-2H3,(H,10,14)(H,11,12,13). The van der Waals surface area contributed by atoms with Gasteiger partial charge in [-0.15, -0.1) is 11.0 Å². The summed E-state index contributed by atoms with van der Waals surface area (Å²) in [5.74, 6) is 5.97. The highest BCUT2D eigenvalue weighted by atomic mass is 16.2. The predicted octanol–water partition coefficient (Wildman–Crippen LogP) is 0.120. The van der Waals surface area contributed by atoms with Crippen LogP contribution in [0, 0.1) is 11.8 Å². The summed E-state index contributed by atoms with van der Waals surface area (Å²) in [6.45, 7) is 3.98. The smallest absolute Gasteiger partial charge is 0.291 e. The van der Waals surface area contributed by atoms with E-state index in [1.54, 1.807) is 6.92 Å². The first-order valence-corrected chi connectivity index (χ1v) is 4.37. The molecule has 5 nitrogen and oxygen atoms in total. The van der Waals surface area contributed by atoms with E-state index in [0.29, 0.717) is 12.4 Å². The van der Waals surface area contributed by atoms with Crippen LogP contribution in [0.5, 0.6) is 0 Å². The summed E-state index contributed by atoms with van der Waals surface area (Å²) in [5.41, 5.74) is 0. The summed E-state index contributed by atoms with van der Waals surface area (Å²) in [7, 11) is 0. The first-order chi connectivity index (χ1) is 6.77. The summed E-state index contributed by atoms with van der Waals surface area (Å²) in [4.78, 5) is 15.3. The fourth-order valence-electron chi connectivity index (χ4n) is 0.847. The van der Waals surface area contributed by atoms with Gasteiger partial charge in [0, 0.05) is 6.42 Å². The van der Waals surface area contributed by atoms with Crippen LogP contribution in [0.4, 0.5) is 0 Å². The lowest BCUT2D eigenvalue weighted by Crippen LogP contribution is -2.24. The predicted molar refractivity (Wildman–Crippen MR) is 51.5 cm³/mol. The molecule has 0 atom stereocenters. The summed E-state index contributed by atoms with van der Waals surface area (Å²) in [6.07, 6.45) is 0.731. The van der Waals surface area contributed by atoms with E-state index < -0.39 is 0 Å². The fraction of sp³-hybridized carbons (Fsp3) is 0.444. The van der Waals surface area contributed by atoms with E-state index in [4.69, 9.17) is 0 Å². The van der Waals surface area contributed by atoms with Crippen molar-refractivity contribution >= 4 is 5.91 Å². The first kappa shape index (κ1) is 10.3. The van der Waals surface area contributed by atoms with Gasteiger partial charge in [-0.3, -0.25) is 9.89 Å². The lowest BCUT2D eigenvalue weighted by atomic mass is 10.4. The molecule has 1 rings (SSSR count). The van der Waals surface area contributed by atoms with Gasteiger partial charge in [-0.2, -0.15) is 0 Å². The van der Waals surface area contributed by atoms with Crippen molar-refractivity contribution in [2.45, 2.75) is 20.3 Å². The first-order valence-electron chi connectivity index (χ1n) is 4.37. The number of H-pyrrole nitrogens is 1. The Kier molecular flexibility index (Phi) is 3.68. The van der Waals surface area contributed by atoms with E-state index >= 15 is 0 Å². The molecule has 0 unspecified atom stereocenters. The van der Waals surface area contributed by atoms with Crippen molar-refractivity contribution in [2.24, 2.45) is 0 Å². The number of aryl methyl sites for hydroxylation is 1. The van der Waals surface area contributed by atoms with E-state index in [2.05, 4.69) is 32.3 Å². The van der Waals surface area contributed by atoms with Crippen molar-refractivity contribution in [3.8, 4) is 11.8 Å². The Morgan fingerprint density at radius 2 is 2.43 bits per heavy atom. The number of aromatic amines is 1. The summed E-state index contributed by atoms with van der Waals surface area (Å²) < 4.78 is 0. The number of nitrogens with zero attached hydrogens (tertiary/aromatic N) is 2. The number of rotatable bonds is 3. The third kappa shape index (κ3) is 2.59. The largest absolute Gasteiger partial charge is 0.338 e. The van der Waals surface area contributed by atoms with Gasteiger partial charge < -0.3 is 5.32 Å². The summed E-state index contributed by atoms with van der Waals surface area (Å²) >= 11 is 0. The molecule has 2 N–H and O–H groups in total. The van der Waals surface area contributed by atoms with E-state index in [1.165, 1.54) is 0 Å². The molecular weight excluding hydrogens is 180 g/mol. The Labute approximate surface area is 82.3 Å². The second-order valence-electron chi connectivity index (χ2n) is 2.57. The van der Waals surface area contributed by atoms with Crippen LogP contribution in [0.2, 0.25) is 0 Å². The van der Waals surface area contributed by atoms with Gasteiger partial charge >= 0.3 is 0 Å². The van der Waals surface area contributed by atoms with Crippen LogP contribution in [0.15, 0.2) is 0 Å². The van der Waals surface area contributed by atoms with Crippen molar-refractivity contribution in [2.75, 3.05) is 6.54 Å². The van der Waals surface area contributed by atoms with Gasteiger partial charge in [-0.25, -0.2) is 4.98 Å². The molecule has 0 aliphatic rings. The van der Waals surface area contributed by atoms with Crippen molar-refractivity contribution in [1.82, 2.24) is 20.5 Å². The summed E-state index contributed by atoms with van der Waals surface area (Å²) in [6, 6.07) is 0. The minimum atomic E-state index is -0.302. The highest BCUT2D eigenvalue weighted by Crippen LogP contribution is 1.92. The molecule has 0 fully saturated rings. The molecule has 0 saturated carbocycles. The van der Waals surface area contributed by atoms with E-state index in [9.17, 15) is 4.79 Å². The molecule has 1 amide bonds. The average Bonchev–Trinajstić information content (AvgIpc) is 2.66. The summed E-state index contributed by atoms with van der Waals surface area (Å²) in [5, 5.41) is 9.02. The third-order valence-corrected chi connectivity index (χ3v) is 1.58. The van der Waals surface area contributed by atoms with Crippen molar-refractivity contribution in [3.05, 3.63) is 11.6 Å². The van der Waals surface area contributed by atoms with Crippen molar-refractivity contribution < 1.29 is 4.79 Å². The Bertz CT molecular complexity index is 372. The molecule has 1 aromatic rings. The molecular formula is C9H12N4O. The van der Waals surface area contributed by atoms with Gasteiger partial charge in [0.15, 0.2) is 0 Å². The second-order valence-corrected chi connectivity index (χ2v) is 2.57. The monoisotopic (exact) mass is 192 g/mol. The van der Waals surface area contributed by atoms with Gasteiger partial charge in [0.05, 0.1) is 6.54 Å². The second kappa shape index (κ2) is 5.02. The van der Waals surface area contributed by atoms with Gasteiger partial charge in [-0.05, 0) is 6.92 Å². The van der Waals surface area contributed by atoms with Crippen LogP contribution >= 0.6 is 0 Å². The molecule has 0 saturated heterocycles. The Balaban J connectivity index is 2.54. The molecule has 74 valence electrons. The minimum absolute atomic E-state index is 0.166. The molecule has 1 aromatic heterocycles. The van der Waals surface area contributed by atoms with Crippen LogP contribution in [0.1, 0.15) is 30.3 Å². The Morgan fingerprint density at radius 3 is 3.00 bits per heavy atom. The van der Waals surface area contributed by atoms with E-state index in [-0.39, 0.29) is 11.7 Å². The zero-order valence-electron chi connectivity index (χ0n) is 8.22. The number of nitrogens with one attached hydrogen (secondary N) is 2. The van der Waals surface area contributed by atoms with E-state index in [0.717, 1.165) is 6.42 Å². The molecule has 5 heteroatoms. The number of amides is 1. The topological polar surface area (TPSA) is 70.7 Å². The van der Waals surface area contributed by atoms with Gasteiger partial charge in [0.2, 0.25) is 5.82 Å². The van der Waals surface area contributed by atoms with Crippen LogP contribution in [0.3, 0.4) is 0 Å². The molecule has 0 radical (unpaired) electrons. The average molecular weight is 192 g/mol. The van der Waals surface area contributed by atoms with Crippen molar-refractivity contribution in [3.63, 3.8) is 0 Å². The molecule has 0 aliphatic heterocycles. The quantitative estimate of drug-likeness (QED) is 0.668. The van der Waals surface area contributed by atoms with Gasteiger partial charge in [-0.1, -0.05) is 12.8 Å². The normalized spacial score (nSPS) is 9.00. The molecule has 0 bridgehead atoms. The molecule has 14 heavy (non-hydrogen) atoms. The fourth-order valence-corrected chi connectivity index (χ4v) is 0.847. The zero-order chi connectivity index (χ0) is 10.4. The number of carbonyl (C=O) groups excluding carboxylic acids is 1. The zero-order valence-corrected chi connectivity index (χ0v) is 8.22. The minimum Gasteiger partial charge on any atom is -0.338 e. The Morgan fingerprint density at radius 1 is 1.64 bits per heavy atom. The maximum Gasteiger partial charge on any atom is 0.291 e. The van der Waals surface area contributed by atoms with E-state index in [1.807, 2.05) is 6.92 Å². The number of hydrogen-bond donors (Lipinski definition) is 2. The maximum atomic E-state index is 11.3. The van der Waals surface area contributed by atoms with Crippen LogP contribution in [-0.2, 0) is 6.42 Å². The van der Waals surface area contributed by atoms with Gasteiger partial charge in [0.1, 0.15) is 5.82 Å². The molecule has 1 heterocycles.